The number of rotatable bonds is 2. The molecular formula is C11H14FNO2. The molecule has 0 amide bonds. The average molecular weight is 211 g/mol. The Bertz CT molecular complexity index is 337. The summed E-state index contributed by atoms with van der Waals surface area (Å²) in [7, 11) is 0. The Morgan fingerprint density at radius 1 is 1.47 bits per heavy atom. The first-order chi connectivity index (χ1) is 7.25. The van der Waals surface area contributed by atoms with Crippen LogP contribution in [-0.2, 0) is 4.74 Å². The monoisotopic (exact) mass is 211 g/mol. The minimum Gasteiger partial charge on any atom is -0.485 e. The molecule has 1 unspecified atom stereocenters. The molecule has 4 heteroatoms. The fourth-order valence-electron chi connectivity index (χ4n) is 1.60. The molecule has 0 spiro atoms. The summed E-state index contributed by atoms with van der Waals surface area (Å²) in [6.45, 7) is 1.30. The number of halogens is 1. The second-order valence-electron chi connectivity index (χ2n) is 3.65. The maximum Gasteiger partial charge on any atom is 0.167 e. The molecule has 2 rings (SSSR count). The van der Waals surface area contributed by atoms with Crippen molar-refractivity contribution in [3.63, 3.8) is 0 Å². The van der Waals surface area contributed by atoms with Gasteiger partial charge in [0.15, 0.2) is 11.6 Å². The van der Waals surface area contributed by atoms with Crippen molar-refractivity contribution in [2.75, 3.05) is 18.9 Å². The molecule has 3 nitrogen and oxygen atoms in total. The minimum absolute atomic E-state index is 0.0446. The summed E-state index contributed by atoms with van der Waals surface area (Å²) in [4.78, 5) is 0. The van der Waals surface area contributed by atoms with Crippen LogP contribution in [0.4, 0.5) is 10.1 Å². The highest BCUT2D eigenvalue weighted by Crippen LogP contribution is 2.22. The minimum atomic E-state index is -0.416. The second-order valence-corrected chi connectivity index (χ2v) is 3.65. The maximum atomic E-state index is 13.4. The molecule has 82 valence electrons. The van der Waals surface area contributed by atoms with Gasteiger partial charge in [-0.05, 0) is 25.0 Å². The van der Waals surface area contributed by atoms with Crippen LogP contribution in [0.25, 0.3) is 0 Å². The van der Waals surface area contributed by atoms with Crippen LogP contribution in [0.5, 0.6) is 5.75 Å². The van der Waals surface area contributed by atoms with Crippen molar-refractivity contribution in [2.45, 2.75) is 18.9 Å². The molecule has 0 aromatic heterocycles. The average Bonchev–Trinajstić information content (AvgIpc) is 2.24. The Morgan fingerprint density at radius 2 is 2.33 bits per heavy atom. The van der Waals surface area contributed by atoms with E-state index in [1.54, 1.807) is 12.1 Å². The van der Waals surface area contributed by atoms with Gasteiger partial charge >= 0.3 is 0 Å². The zero-order valence-electron chi connectivity index (χ0n) is 8.41. The van der Waals surface area contributed by atoms with Crippen LogP contribution >= 0.6 is 0 Å². The second kappa shape index (κ2) is 4.49. The van der Waals surface area contributed by atoms with Crippen molar-refractivity contribution in [2.24, 2.45) is 0 Å². The fraction of sp³-hybridized carbons (Fsp3) is 0.455. The summed E-state index contributed by atoms with van der Waals surface area (Å²) >= 11 is 0. The van der Waals surface area contributed by atoms with Crippen molar-refractivity contribution < 1.29 is 13.9 Å². The molecular weight excluding hydrogens is 197 g/mol. The number of nitrogens with two attached hydrogens (primary N) is 1. The zero-order chi connectivity index (χ0) is 10.7. The molecule has 1 aliphatic rings. The molecule has 15 heavy (non-hydrogen) atoms. The van der Waals surface area contributed by atoms with Gasteiger partial charge in [0, 0.05) is 18.4 Å². The van der Waals surface area contributed by atoms with Gasteiger partial charge < -0.3 is 15.2 Å². The van der Waals surface area contributed by atoms with Crippen LogP contribution in [-0.4, -0.2) is 19.3 Å². The summed E-state index contributed by atoms with van der Waals surface area (Å²) in [6.07, 6.45) is 1.82. The Labute approximate surface area is 88.0 Å². The normalized spacial score (nSPS) is 21.3. The lowest BCUT2D eigenvalue weighted by Gasteiger charge is -2.23. The highest BCUT2D eigenvalue weighted by molar-refractivity contribution is 5.42. The molecule has 2 N–H and O–H groups in total. The topological polar surface area (TPSA) is 44.5 Å². The first-order valence-corrected chi connectivity index (χ1v) is 5.05. The third-order valence-corrected chi connectivity index (χ3v) is 2.37. The molecule has 1 atom stereocenters. The quantitative estimate of drug-likeness (QED) is 0.760. The van der Waals surface area contributed by atoms with Gasteiger partial charge in [-0.25, -0.2) is 4.39 Å². The van der Waals surface area contributed by atoms with E-state index in [9.17, 15) is 4.39 Å². The number of anilines is 1. The molecule has 0 aliphatic carbocycles. The molecule has 0 bridgehead atoms. The van der Waals surface area contributed by atoms with Crippen LogP contribution in [0.1, 0.15) is 12.8 Å². The number of nitrogen functional groups attached to an aromatic ring is 1. The number of hydrogen-bond donors (Lipinski definition) is 1. The number of hydrogen-bond acceptors (Lipinski definition) is 3. The van der Waals surface area contributed by atoms with E-state index in [4.69, 9.17) is 15.2 Å². The van der Waals surface area contributed by atoms with Crippen LogP contribution in [0, 0.1) is 5.82 Å². The van der Waals surface area contributed by atoms with Gasteiger partial charge in [0.1, 0.15) is 6.10 Å². The van der Waals surface area contributed by atoms with Crippen LogP contribution in [0.15, 0.2) is 18.2 Å². The SMILES string of the molecule is Nc1ccc(OC2CCCOC2)c(F)c1. The van der Waals surface area contributed by atoms with Crippen molar-refractivity contribution >= 4 is 5.69 Å². The van der Waals surface area contributed by atoms with Gasteiger partial charge in [-0.1, -0.05) is 0 Å². The van der Waals surface area contributed by atoms with Gasteiger partial charge in [-0.3, -0.25) is 0 Å². The Balaban J connectivity index is 2.03. The molecule has 1 aromatic rings. The smallest absolute Gasteiger partial charge is 0.167 e. The summed E-state index contributed by atoms with van der Waals surface area (Å²) in [6, 6.07) is 4.44. The van der Waals surface area contributed by atoms with Crippen molar-refractivity contribution in [1.82, 2.24) is 0 Å². The van der Waals surface area contributed by atoms with E-state index in [2.05, 4.69) is 0 Å². The van der Waals surface area contributed by atoms with Gasteiger partial charge in [0.05, 0.1) is 6.61 Å². The van der Waals surface area contributed by atoms with E-state index < -0.39 is 5.82 Å². The Kier molecular flexibility index (Phi) is 3.06. The van der Waals surface area contributed by atoms with E-state index in [1.807, 2.05) is 0 Å². The van der Waals surface area contributed by atoms with Gasteiger partial charge in [-0.2, -0.15) is 0 Å². The summed E-state index contributed by atoms with van der Waals surface area (Å²) < 4.78 is 24.1. The molecule has 0 saturated carbocycles. The Morgan fingerprint density at radius 3 is 3.00 bits per heavy atom. The summed E-state index contributed by atoms with van der Waals surface area (Å²) in [5, 5.41) is 0. The molecule has 1 aromatic carbocycles. The third-order valence-electron chi connectivity index (χ3n) is 2.37. The lowest BCUT2D eigenvalue weighted by Crippen LogP contribution is -2.28. The predicted octanol–water partition coefficient (Wildman–Crippen LogP) is 1.97. The van der Waals surface area contributed by atoms with E-state index >= 15 is 0 Å². The largest absolute Gasteiger partial charge is 0.485 e. The van der Waals surface area contributed by atoms with E-state index in [0.717, 1.165) is 19.4 Å². The summed E-state index contributed by atoms with van der Waals surface area (Å²) in [5.74, 6) is -0.166. The van der Waals surface area contributed by atoms with Crippen LogP contribution < -0.4 is 10.5 Å². The predicted molar refractivity (Wildman–Crippen MR) is 55.3 cm³/mol. The van der Waals surface area contributed by atoms with Crippen molar-refractivity contribution in [3.05, 3.63) is 24.0 Å². The Hall–Kier alpha value is -1.29. The van der Waals surface area contributed by atoms with Crippen LogP contribution in [0.2, 0.25) is 0 Å². The molecule has 0 radical (unpaired) electrons. The van der Waals surface area contributed by atoms with Crippen molar-refractivity contribution in [1.29, 1.82) is 0 Å². The number of benzene rings is 1. The van der Waals surface area contributed by atoms with E-state index in [1.165, 1.54) is 6.07 Å². The van der Waals surface area contributed by atoms with Crippen LogP contribution in [0.3, 0.4) is 0 Å². The van der Waals surface area contributed by atoms with E-state index in [0.29, 0.717) is 12.3 Å². The number of ether oxygens (including phenoxy) is 2. The third kappa shape index (κ3) is 2.59. The van der Waals surface area contributed by atoms with Gasteiger partial charge in [0.25, 0.3) is 0 Å². The first-order valence-electron chi connectivity index (χ1n) is 5.05. The molecule has 1 aliphatic heterocycles. The fourth-order valence-corrected chi connectivity index (χ4v) is 1.60. The molecule has 1 heterocycles. The lowest BCUT2D eigenvalue weighted by molar-refractivity contribution is 0.00589. The van der Waals surface area contributed by atoms with Gasteiger partial charge in [-0.15, -0.1) is 0 Å². The maximum absolute atomic E-state index is 13.4. The lowest BCUT2D eigenvalue weighted by atomic mass is 10.2. The first kappa shape index (κ1) is 10.2. The zero-order valence-corrected chi connectivity index (χ0v) is 8.41. The van der Waals surface area contributed by atoms with E-state index in [-0.39, 0.29) is 11.9 Å². The van der Waals surface area contributed by atoms with Crippen molar-refractivity contribution in [3.8, 4) is 5.75 Å². The van der Waals surface area contributed by atoms with Gasteiger partial charge in [0.2, 0.25) is 0 Å². The standard InChI is InChI=1S/C11H14FNO2/c12-10-6-8(13)3-4-11(10)15-9-2-1-5-14-7-9/h3-4,6,9H,1-2,5,7,13H2. The summed E-state index contributed by atoms with van der Waals surface area (Å²) in [5.41, 5.74) is 5.84. The highest BCUT2D eigenvalue weighted by Gasteiger charge is 2.16. The molecule has 1 saturated heterocycles. The highest BCUT2D eigenvalue weighted by atomic mass is 19.1. The molecule has 1 fully saturated rings.